The number of piperazine rings is 1. The summed E-state index contributed by atoms with van der Waals surface area (Å²) in [5.41, 5.74) is 1.72. The average molecular weight is 675 g/mol. The minimum absolute atomic E-state index is 0.0669. The minimum atomic E-state index is -1.11. The molecule has 2 fully saturated rings. The smallest absolute Gasteiger partial charge is 0.282 e. The number of fused-ring (bicyclic) bond motifs is 2. The number of dihydropyridines is 1. The zero-order valence-electron chi connectivity index (χ0n) is 26.4. The molecule has 4 aliphatic rings. The van der Waals surface area contributed by atoms with Crippen LogP contribution in [-0.2, 0) is 9.53 Å². The summed E-state index contributed by atoms with van der Waals surface area (Å²) in [6, 6.07) is 11.2. The van der Waals surface area contributed by atoms with Crippen LogP contribution in [0.15, 0.2) is 77.0 Å². The van der Waals surface area contributed by atoms with Crippen LogP contribution < -0.4 is 0 Å². The predicted octanol–water partition coefficient (Wildman–Crippen LogP) is 6.47. The van der Waals surface area contributed by atoms with Gasteiger partial charge >= 0.3 is 0 Å². The first-order chi connectivity index (χ1) is 23.1. The first-order valence-electron chi connectivity index (χ1n) is 15.9. The number of hydrogen-bond acceptors (Lipinski definition) is 7. The van der Waals surface area contributed by atoms with E-state index in [-0.39, 0.29) is 55.0 Å². The van der Waals surface area contributed by atoms with Gasteiger partial charge < -0.3 is 19.4 Å². The summed E-state index contributed by atoms with van der Waals surface area (Å²) in [5, 5.41) is 20.5. The van der Waals surface area contributed by atoms with Gasteiger partial charge in [-0.3, -0.25) is 4.79 Å². The van der Waals surface area contributed by atoms with Gasteiger partial charge in [0.05, 0.1) is 42.1 Å². The number of likely N-dealkylation sites (N-methyl/N-ethyl adjacent to an activating group) is 1. The van der Waals surface area contributed by atoms with Gasteiger partial charge in [-0.05, 0) is 55.6 Å². The van der Waals surface area contributed by atoms with E-state index < -0.39 is 41.4 Å². The highest BCUT2D eigenvalue weighted by Crippen LogP contribution is 2.44. The van der Waals surface area contributed by atoms with Crippen LogP contribution in [0, 0.1) is 34.4 Å². The van der Waals surface area contributed by atoms with Crippen molar-refractivity contribution in [3.8, 4) is 12.1 Å². The Kier molecular flexibility index (Phi) is 9.63. The number of halogens is 4. The van der Waals surface area contributed by atoms with Crippen LogP contribution in [0.3, 0.4) is 0 Å². The summed E-state index contributed by atoms with van der Waals surface area (Å²) in [4.78, 5) is 23.0. The first kappa shape index (κ1) is 33.3. The Bertz CT molecular complexity index is 1870. The summed E-state index contributed by atoms with van der Waals surface area (Å²) < 4.78 is 51.3. The van der Waals surface area contributed by atoms with Crippen molar-refractivity contribution in [1.29, 1.82) is 10.5 Å². The molecule has 12 heteroatoms. The van der Waals surface area contributed by atoms with E-state index in [9.17, 15) is 24.1 Å². The molecule has 1 aliphatic carbocycles. The van der Waals surface area contributed by atoms with Crippen LogP contribution >= 0.6 is 11.6 Å². The number of rotatable bonds is 7. The highest BCUT2D eigenvalue weighted by molar-refractivity contribution is 6.36. The molecule has 0 bridgehead atoms. The molecule has 48 heavy (non-hydrogen) atoms. The number of carbonyl (C=O) groups excluding carboxylic acids is 1. The quantitative estimate of drug-likeness (QED) is 0.313. The molecule has 248 valence electrons. The number of carbonyl (C=O) groups is 1. The maximum atomic E-state index is 16.4. The molecule has 2 aromatic carbocycles. The highest BCUT2D eigenvalue weighted by atomic mass is 35.5. The van der Waals surface area contributed by atoms with E-state index in [2.05, 4.69) is 23.6 Å². The zero-order chi connectivity index (χ0) is 34.1. The molecule has 0 saturated carbocycles. The third-order valence-electron chi connectivity index (χ3n) is 9.65. The van der Waals surface area contributed by atoms with Gasteiger partial charge in [-0.1, -0.05) is 42.4 Å². The maximum absolute atomic E-state index is 16.4. The van der Waals surface area contributed by atoms with Gasteiger partial charge in [-0.25, -0.2) is 18.2 Å². The highest BCUT2D eigenvalue weighted by Gasteiger charge is 2.42. The number of likely N-dealkylation sites (tertiary alicyclic amines) is 1. The Morgan fingerprint density at radius 3 is 2.65 bits per heavy atom. The van der Waals surface area contributed by atoms with Crippen LogP contribution in [0.25, 0.3) is 16.3 Å². The van der Waals surface area contributed by atoms with Gasteiger partial charge in [0.1, 0.15) is 18.3 Å². The normalized spacial score (nSPS) is 24.4. The number of nitrogens with zero attached hydrogens (tertiary/aromatic N) is 6. The molecule has 0 spiro atoms. The number of allylic oxidation sites excluding steroid dienone is 2. The van der Waals surface area contributed by atoms with Crippen molar-refractivity contribution in [2.24, 2.45) is 10.9 Å². The van der Waals surface area contributed by atoms with Crippen LogP contribution in [0.5, 0.6) is 0 Å². The fourth-order valence-corrected chi connectivity index (χ4v) is 7.52. The number of amides is 1. The lowest BCUT2D eigenvalue weighted by Gasteiger charge is -2.46. The molecule has 3 heterocycles. The summed E-state index contributed by atoms with van der Waals surface area (Å²) in [6.45, 7) is 4.88. The van der Waals surface area contributed by atoms with E-state index in [1.807, 2.05) is 11.9 Å². The van der Waals surface area contributed by atoms with Gasteiger partial charge in [0.25, 0.3) is 5.91 Å². The number of hydrogen-bond donors (Lipinski definition) is 0. The van der Waals surface area contributed by atoms with Crippen LogP contribution in [-0.4, -0.2) is 84.5 Å². The molecule has 2 saturated heterocycles. The standard InChI is InChI=1S/C36H34ClF3N6O2/c1-21(38)36(47)46-16-15-45(19-23(46)10-12-41)34-26(11-13-42)35(48-20-24-6-4-14-44(24)2)43-31-18-27(30(40)17-28(31)34)25-7-3-5-22-8-9-29(39)33(37)32(22)25/h3,5,7-9,17-18,23-24,28,31H,1,4,6,10-11,14-16,19-20H2,2H3. The van der Waals surface area contributed by atoms with E-state index >= 15 is 4.39 Å². The second kappa shape index (κ2) is 13.9. The lowest BCUT2D eigenvalue weighted by molar-refractivity contribution is -0.133. The van der Waals surface area contributed by atoms with Gasteiger partial charge in [0.2, 0.25) is 5.90 Å². The molecule has 6 rings (SSSR count). The monoisotopic (exact) mass is 674 g/mol. The SMILES string of the molecule is C=C(F)C(=O)N1CCN(C2=C(CC#N)C(OCC3CCCN3C)=NC3C=C(c4cccc5ccc(F)c(Cl)c45)C(F)=CC23)CC1CC#N. The minimum Gasteiger partial charge on any atom is -0.476 e. The second-order valence-electron chi connectivity index (χ2n) is 12.5. The Morgan fingerprint density at radius 2 is 1.94 bits per heavy atom. The first-order valence-corrected chi connectivity index (χ1v) is 16.3. The summed E-state index contributed by atoms with van der Waals surface area (Å²) in [5.74, 6) is -3.57. The van der Waals surface area contributed by atoms with Gasteiger partial charge in [0, 0.05) is 53.8 Å². The third-order valence-corrected chi connectivity index (χ3v) is 10.0. The van der Waals surface area contributed by atoms with Crippen molar-refractivity contribution in [1.82, 2.24) is 14.7 Å². The molecular formula is C36H34ClF3N6O2. The Labute approximate surface area is 282 Å². The fourth-order valence-electron chi connectivity index (χ4n) is 7.25. The Morgan fingerprint density at radius 1 is 1.12 bits per heavy atom. The molecule has 4 atom stereocenters. The number of ether oxygens (including phenoxy) is 1. The zero-order valence-corrected chi connectivity index (χ0v) is 27.2. The van der Waals surface area contributed by atoms with Crippen LogP contribution in [0.1, 0.15) is 31.2 Å². The molecule has 2 aromatic rings. The molecule has 3 aliphatic heterocycles. The lowest BCUT2D eigenvalue weighted by Crippen LogP contribution is -2.56. The number of nitriles is 2. The molecule has 0 N–H and O–H groups in total. The van der Waals surface area contributed by atoms with E-state index in [4.69, 9.17) is 21.3 Å². The van der Waals surface area contributed by atoms with E-state index in [1.54, 1.807) is 30.3 Å². The molecular weight excluding hydrogens is 641 g/mol. The Balaban J connectivity index is 1.45. The van der Waals surface area contributed by atoms with Gasteiger partial charge in [0.15, 0.2) is 5.83 Å². The molecule has 0 radical (unpaired) electrons. The molecule has 1 amide bonds. The maximum Gasteiger partial charge on any atom is 0.282 e. The van der Waals surface area contributed by atoms with Gasteiger partial charge in [-0.15, -0.1) is 0 Å². The predicted molar refractivity (Wildman–Crippen MR) is 177 cm³/mol. The van der Waals surface area contributed by atoms with E-state index in [0.717, 1.165) is 19.4 Å². The van der Waals surface area contributed by atoms with E-state index in [1.165, 1.54) is 17.0 Å². The topological polar surface area (TPSA) is 96.0 Å². The van der Waals surface area contributed by atoms with Crippen molar-refractivity contribution in [3.05, 3.63) is 88.4 Å². The molecule has 4 unspecified atom stereocenters. The lowest BCUT2D eigenvalue weighted by atomic mass is 9.81. The van der Waals surface area contributed by atoms with Crippen molar-refractivity contribution >= 4 is 39.8 Å². The third kappa shape index (κ3) is 6.21. The number of aliphatic imine (C=N–C) groups is 1. The van der Waals surface area contributed by atoms with Crippen molar-refractivity contribution < 1.29 is 22.7 Å². The van der Waals surface area contributed by atoms with Crippen LogP contribution in [0.4, 0.5) is 13.2 Å². The van der Waals surface area contributed by atoms with Crippen molar-refractivity contribution in [2.75, 3.05) is 39.8 Å². The Hall–Kier alpha value is -4.58. The molecule has 0 aromatic heterocycles. The summed E-state index contributed by atoms with van der Waals surface area (Å²) >= 11 is 6.43. The second-order valence-corrected chi connectivity index (χ2v) is 12.8. The largest absolute Gasteiger partial charge is 0.476 e. The van der Waals surface area contributed by atoms with E-state index in [0.29, 0.717) is 34.2 Å². The van der Waals surface area contributed by atoms with Crippen molar-refractivity contribution in [2.45, 2.75) is 43.8 Å². The van der Waals surface area contributed by atoms with Crippen LogP contribution in [0.2, 0.25) is 5.02 Å². The van der Waals surface area contributed by atoms with Crippen molar-refractivity contribution in [3.63, 3.8) is 0 Å². The summed E-state index contributed by atoms with van der Waals surface area (Å²) in [6.07, 6.45) is 4.97. The van der Waals surface area contributed by atoms with Gasteiger partial charge in [-0.2, -0.15) is 10.5 Å². The average Bonchev–Trinajstić information content (AvgIpc) is 3.49. The summed E-state index contributed by atoms with van der Waals surface area (Å²) in [7, 11) is 2.03. The number of benzene rings is 2. The fraction of sp³-hybridized carbons (Fsp3) is 0.389. The molecule has 8 nitrogen and oxygen atoms in total.